The Kier molecular flexibility index (Phi) is 5.35. The number of carbonyl (C=O) groups is 2. The Labute approximate surface area is 106 Å². The van der Waals surface area contributed by atoms with E-state index in [1.807, 2.05) is 13.8 Å². The third-order valence-corrected chi connectivity index (χ3v) is 2.53. The van der Waals surface area contributed by atoms with Gasteiger partial charge in [0.15, 0.2) is 5.82 Å². The molecule has 1 amide bonds. The van der Waals surface area contributed by atoms with Crippen LogP contribution in [-0.4, -0.2) is 33.5 Å². The molecule has 1 atom stereocenters. The fraction of sp³-hybridized carbons (Fsp3) is 0.583. The number of amides is 1. The van der Waals surface area contributed by atoms with Crippen LogP contribution in [0.3, 0.4) is 0 Å². The number of rotatable bonds is 7. The summed E-state index contributed by atoms with van der Waals surface area (Å²) < 4.78 is 0. The number of carboxylic acid groups (broad SMARTS) is 1. The normalized spacial score (nSPS) is 12.4. The van der Waals surface area contributed by atoms with E-state index in [4.69, 9.17) is 5.11 Å². The number of hydrogen-bond donors (Lipinski definition) is 3. The van der Waals surface area contributed by atoms with Crippen LogP contribution in [0.2, 0.25) is 0 Å². The SMILES string of the molecule is CC(C)C[C@H](CNC(=O)c1ncc[nH]1)CC(=O)O. The van der Waals surface area contributed by atoms with Crippen molar-refractivity contribution in [1.82, 2.24) is 15.3 Å². The maximum atomic E-state index is 11.6. The summed E-state index contributed by atoms with van der Waals surface area (Å²) in [6, 6.07) is 0. The predicted molar refractivity (Wildman–Crippen MR) is 66.1 cm³/mol. The highest BCUT2D eigenvalue weighted by Crippen LogP contribution is 2.14. The first kappa shape index (κ1) is 14.2. The van der Waals surface area contributed by atoms with Crippen molar-refractivity contribution in [3.05, 3.63) is 18.2 Å². The van der Waals surface area contributed by atoms with Crippen molar-refractivity contribution in [1.29, 1.82) is 0 Å². The van der Waals surface area contributed by atoms with Crippen molar-refractivity contribution in [2.24, 2.45) is 11.8 Å². The van der Waals surface area contributed by atoms with Gasteiger partial charge < -0.3 is 15.4 Å². The Morgan fingerprint density at radius 1 is 1.50 bits per heavy atom. The quantitative estimate of drug-likeness (QED) is 0.682. The van der Waals surface area contributed by atoms with Crippen LogP contribution in [0.1, 0.15) is 37.3 Å². The third-order valence-electron chi connectivity index (χ3n) is 2.53. The number of imidazole rings is 1. The third kappa shape index (κ3) is 4.99. The van der Waals surface area contributed by atoms with E-state index >= 15 is 0 Å². The minimum absolute atomic E-state index is 0.0542. The first-order chi connectivity index (χ1) is 8.49. The Morgan fingerprint density at radius 2 is 2.22 bits per heavy atom. The van der Waals surface area contributed by atoms with Crippen LogP contribution in [0.4, 0.5) is 0 Å². The van der Waals surface area contributed by atoms with Gasteiger partial charge >= 0.3 is 5.97 Å². The number of nitrogens with zero attached hydrogens (tertiary/aromatic N) is 1. The predicted octanol–water partition coefficient (Wildman–Crippen LogP) is 1.28. The van der Waals surface area contributed by atoms with E-state index in [1.54, 1.807) is 6.20 Å². The molecule has 0 radical (unpaired) electrons. The molecule has 0 aliphatic heterocycles. The smallest absolute Gasteiger partial charge is 0.303 e. The van der Waals surface area contributed by atoms with Gasteiger partial charge in [-0.25, -0.2) is 4.98 Å². The van der Waals surface area contributed by atoms with E-state index in [9.17, 15) is 9.59 Å². The standard InChI is InChI=1S/C12H19N3O3/c1-8(2)5-9(6-10(16)17)7-15-12(18)11-13-3-4-14-11/h3-4,8-9H,5-7H2,1-2H3,(H,13,14)(H,15,18)(H,16,17)/t9-/m0/s1. The second kappa shape index (κ2) is 6.78. The van der Waals surface area contributed by atoms with Gasteiger partial charge in [0.1, 0.15) is 0 Å². The average molecular weight is 253 g/mol. The Bertz CT molecular complexity index is 387. The number of hydrogen-bond acceptors (Lipinski definition) is 3. The minimum Gasteiger partial charge on any atom is -0.481 e. The van der Waals surface area contributed by atoms with Gasteiger partial charge in [-0.2, -0.15) is 0 Å². The molecule has 0 saturated carbocycles. The number of carboxylic acids is 1. The summed E-state index contributed by atoms with van der Waals surface area (Å²) in [4.78, 5) is 28.9. The largest absolute Gasteiger partial charge is 0.481 e. The number of aromatic nitrogens is 2. The Morgan fingerprint density at radius 3 is 2.72 bits per heavy atom. The second-order valence-corrected chi connectivity index (χ2v) is 4.74. The molecule has 0 spiro atoms. The maximum absolute atomic E-state index is 11.6. The average Bonchev–Trinajstić information content (AvgIpc) is 2.77. The van der Waals surface area contributed by atoms with Crippen LogP contribution in [0.25, 0.3) is 0 Å². The van der Waals surface area contributed by atoms with Crippen LogP contribution >= 0.6 is 0 Å². The lowest BCUT2D eigenvalue weighted by molar-refractivity contribution is -0.138. The highest BCUT2D eigenvalue weighted by atomic mass is 16.4. The number of H-pyrrole nitrogens is 1. The first-order valence-corrected chi connectivity index (χ1v) is 5.98. The molecule has 1 rings (SSSR count). The molecule has 18 heavy (non-hydrogen) atoms. The molecule has 3 N–H and O–H groups in total. The molecular weight excluding hydrogens is 234 g/mol. The van der Waals surface area contributed by atoms with Crippen LogP contribution in [0, 0.1) is 11.8 Å². The van der Waals surface area contributed by atoms with E-state index in [0.29, 0.717) is 12.5 Å². The maximum Gasteiger partial charge on any atom is 0.303 e. The molecule has 6 nitrogen and oxygen atoms in total. The topological polar surface area (TPSA) is 95.1 Å². The van der Waals surface area contributed by atoms with E-state index in [-0.39, 0.29) is 24.1 Å². The zero-order valence-corrected chi connectivity index (χ0v) is 10.6. The fourth-order valence-electron chi connectivity index (χ4n) is 1.86. The molecule has 1 aromatic heterocycles. The zero-order chi connectivity index (χ0) is 13.5. The number of nitrogens with one attached hydrogen (secondary N) is 2. The number of carbonyl (C=O) groups excluding carboxylic acids is 1. The van der Waals surface area contributed by atoms with Gasteiger partial charge in [0.25, 0.3) is 5.91 Å². The summed E-state index contributed by atoms with van der Waals surface area (Å²) in [6.07, 6.45) is 3.90. The van der Waals surface area contributed by atoms with Crippen molar-refractivity contribution in [2.45, 2.75) is 26.7 Å². The van der Waals surface area contributed by atoms with Crippen molar-refractivity contribution < 1.29 is 14.7 Å². The van der Waals surface area contributed by atoms with E-state index in [1.165, 1.54) is 6.20 Å². The van der Waals surface area contributed by atoms with Crippen LogP contribution < -0.4 is 5.32 Å². The van der Waals surface area contributed by atoms with Crippen molar-refractivity contribution in [3.8, 4) is 0 Å². The molecule has 6 heteroatoms. The second-order valence-electron chi connectivity index (χ2n) is 4.74. The summed E-state index contributed by atoms with van der Waals surface area (Å²) >= 11 is 0. The highest BCUT2D eigenvalue weighted by molar-refractivity contribution is 5.90. The first-order valence-electron chi connectivity index (χ1n) is 5.98. The molecular formula is C12H19N3O3. The number of aliphatic carboxylic acids is 1. The molecule has 0 fully saturated rings. The molecule has 1 heterocycles. The molecule has 100 valence electrons. The summed E-state index contributed by atoms with van der Waals surface area (Å²) in [7, 11) is 0. The van der Waals surface area contributed by atoms with E-state index in [2.05, 4.69) is 15.3 Å². The van der Waals surface area contributed by atoms with Gasteiger partial charge in [-0.05, 0) is 18.3 Å². The fourth-order valence-corrected chi connectivity index (χ4v) is 1.86. The van der Waals surface area contributed by atoms with Gasteiger partial charge in [0, 0.05) is 25.4 Å². The monoisotopic (exact) mass is 253 g/mol. The Balaban J connectivity index is 2.45. The van der Waals surface area contributed by atoms with E-state index in [0.717, 1.165) is 6.42 Å². The molecule has 0 aromatic carbocycles. The van der Waals surface area contributed by atoms with Crippen molar-refractivity contribution >= 4 is 11.9 Å². The molecule has 0 bridgehead atoms. The lowest BCUT2D eigenvalue weighted by atomic mass is 9.94. The zero-order valence-electron chi connectivity index (χ0n) is 10.6. The highest BCUT2D eigenvalue weighted by Gasteiger charge is 2.17. The van der Waals surface area contributed by atoms with Gasteiger partial charge in [-0.15, -0.1) is 0 Å². The van der Waals surface area contributed by atoms with Crippen molar-refractivity contribution in [2.75, 3.05) is 6.54 Å². The molecule has 0 unspecified atom stereocenters. The van der Waals surface area contributed by atoms with Crippen LogP contribution in [0.15, 0.2) is 12.4 Å². The summed E-state index contributed by atoms with van der Waals surface area (Å²) in [6.45, 7) is 4.41. The van der Waals surface area contributed by atoms with Gasteiger partial charge in [-0.1, -0.05) is 13.8 Å². The van der Waals surface area contributed by atoms with Crippen molar-refractivity contribution in [3.63, 3.8) is 0 Å². The van der Waals surface area contributed by atoms with Crippen LogP contribution in [0.5, 0.6) is 0 Å². The van der Waals surface area contributed by atoms with Gasteiger partial charge in [-0.3, -0.25) is 9.59 Å². The molecule has 1 aromatic rings. The van der Waals surface area contributed by atoms with E-state index < -0.39 is 5.97 Å². The summed E-state index contributed by atoms with van der Waals surface area (Å²) in [5.41, 5.74) is 0. The molecule has 0 saturated heterocycles. The molecule has 0 aliphatic carbocycles. The Hall–Kier alpha value is -1.85. The molecule has 0 aliphatic rings. The number of aromatic amines is 1. The minimum atomic E-state index is -0.840. The summed E-state index contributed by atoms with van der Waals surface area (Å²) in [5.74, 6) is -0.558. The lowest BCUT2D eigenvalue weighted by Crippen LogP contribution is -2.31. The lowest BCUT2D eigenvalue weighted by Gasteiger charge is -2.17. The van der Waals surface area contributed by atoms with Gasteiger partial charge in [0.2, 0.25) is 0 Å². The van der Waals surface area contributed by atoms with Gasteiger partial charge in [0.05, 0.1) is 0 Å². The summed E-state index contributed by atoms with van der Waals surface area (Å²) in [5, 5.41) is 11.5. The van der Waals surface area contributed by atoms with Crippen LogP contribution in [-0.2, 0) is 4.79 Å².